The van der Waals surface area contributed by atoms with Crippen LogP contribution in [-0.2, 0) is 11.2 Å². The number of nitrogens with one attached hydrogen (secondary N) is 2. The molecule has 0 saturated carbocycles. The second-order valence-electron chi connectivity index (χ2n) is 5.69. The van der Waals surface area contributed by atoms with Gasteiger partial charge in [0.2, 0.25) is 5.91 Å². The highest BCUT2D eigenvalue weighted by atomic mass is 16.2. The third-order valence-corrected chi connectivity index (χ3v) is 3.91. The number of urea groups is 1. The van der Waals surface area contributed by atoms with Crippen molar-refractivity contribution in [3.63, 3.8) is 0 Å². The number of benzene rings is 1. The maximum atomic E-state index is 12.0. The monoisotopic (exact) mass is 324 g/mol. The lowest BCUT2D eigenvalue weighted by Gasteiger charge is -2.17. The molecule has 0 radical (unpaired) electrons. The van der Waals surface area contributed by atoms with Crippen LogP contribution < -0.4 is 15.5 Å². The van der Waals surface area contributed by atoms with Gasteiger partial charge in [0.1, 0.15) is 0 Å². The maximum absolute atomic E-state index is 12.0. The Morgan fingerprint density at radius 1 is 1.25 bits per heavy atom. The molecule has 1 saturated heterocycles. The van der Waals surface area contributed by atoms with Crippen molar-refractivity contribution in [2.45, 2.75) is 19.3 Å². The Kier molecular flexibility index (Phi) is 5.05. The number of carbonyl (C=O) groups is 2. The van der Waals surface area contributed by atoms with Crippen LogP contribution in [0.1, 0.15) is 18.4 Å². The first-order chi connectivity index (χ1) is 11.7. The molecule has 3 amide bonds. The third-order valence-electron chi connectivity index (χ3n) is 3.91. The Morgan fingerprint density at radius 3 is 2.92 bits per heavy atom. The number of pyridine rings is 1. The highest BCUT2D eigenvalue weighted by Gasteiger charge is 2.21. The molecule has 2 heterocycles. The average molecular weight is 324 g/mol. The van der Waals surface area contributed by atoms with E-state index in [0.717, 1.165) is 30.6 Å². The summed E-state index contributed by atoms with van der Waals surface area (Å²) in [5.74, 6) is 0.132. The first kappa shape index (κ1) is 16.0. The van der Waals surface area contributed by atoms with Crippen LogP contribution in [0, 0.1) is 0 Å². The van der Waals surface area contributed by atoms with Gasteiger partial charge in [0.05, 0.1) is 0 Å². The molecule has 3 rings (SSSR count). The summed E-state index contributed by atoms with van der Waals surface area (Å²) >= 11 is 0. The molecule has 0 spiro atoms. The van der Waals surface area contributed by atoms with Gasteiger partial charge in [-0.05, 0) is 42.7 Å². The predicted molar refractivity (Wildman–Crippen MR) is 93.0 cm³/mol. The molecule has 2 N–H and O–H groups in total. The minimum atomic E-state index is -0.260. The first-order valence-corrected chi connectivity index (χ1v) is 8.06. The second-order valence-corrected chi connectivity index (χ2v) is 5.69. The summed E-state index contributed by atoms with van der Waals surface area (Å²) in [5, 5.41) is 5.62. The highest BCUT2D eigenvalue weighted by molar-refractivity contribution is 5.96. The van der Waals surface area contributed by atoms with Gasteiger partial charge in [0.15, 0.2) is 0 Å². The fourth-order valence-corrected chi connectivity index (χ4v) is 2.71. The van der Waals surface area contributed by atoms with E-state index < -0.39 is 0 Å². The number of rotatable bonds is 5. The molecule has 124 valence electrons. The number of aromatic nitrogens is 1. The van der Waals surface area contributed by atoms with Crippen LogP contribution in [0.4, 0.5) is 16.2 Å². The lowest BCUT2D eigenvalue weighted by atomic mass is 10.2. The van der Waals surface area contributed by atoms with Gasteiger partial charge in [0.25, 0.3) is 0 Å². The molecular weight excluding hydrogens is 304 g/mol. The van der Waals surface area contributed by atoms with E-state index in [2.05, 4.69) is 15.6 Å². The van der Waals surface area contributed by atoms with Gasteiger partial charge in [-0.1, -0.05) is 12.1 Å². The zero-order valence-electron chi connectivity index (χ0n) is 13.4. The Bertz CT molecular complexity index is 718. The van der Waals surface area contributed by atoms with E-state index in [0.29, 0.717) is 18.7 Å². The molecule has 6 nitrogen and oxygen atoms in total. The standard InChI is InChI=1S/C18H20N4O2/c23-17-7-3-11-22(17)16-6-1-5-15(12-16)21-18(24)20-10-8-14-4-2-9-19-13-14/h1-2,4-6,9,12-13H,3,7-8,10-11H2,(H2,20,21,24). The molecular formula is C18H20N4O2. The van der Waals surface area contributed by atoms with Crippen molar-refractivity contribution in [3.05, 3.63) is 54.4 Å². The second kappa shape index (κ2) is 7.59. The predicted octanol–water partition coefficient (Wildman–Crippen LogP) is 2.57. The van der Waals surface area contributed by atoms with Crippen molar-refractivity contribution in [3.8, 4) is 0 Å². The topological polar surface area (TPSA) is 74.3 Å². The van der Waals surface area contributed by atoms with E-state index in [-0.39, 0.29) is 11.9 Å². The van der Waals surface area contributed by atoms with Crippen LogP contribution in [-0.4, -0.2) is 30.0 Å². The van der Waals surface area contributed by atoms with Crippen molar-refractivity contribution in [2.24, 2.45) is 0 Å². The van der Waals surface area contributed by atoms with Crippen LogP contribution in [0.3, 0.4) is 0 Å². The number of carbonyl (C=O) groups excluding carboxylic acids is 2. The summed E-state index contributed by atoms with van der Waals surface area (Å²) in [5.41, 5.74) is 2.57. The Hall–Kier alpha value is -2.89. The van der Waals surface area contributed by atoms with Crippen molar-refractivity contribution < 1.29 is 9.59 Å². The van der Waals surface area contributed by atoms with Gasteiger partial charge in [-0.15, -0.1) is 0 Å². The minimum Gasteiger partial charge on any atom is -0.338 e. The van der Waals surface area contributed by atoms with Gasteiger partial charge in [0, 0.05) is 43.3 Å². The van der Waals surface area contributed by atoms with E-state index in [1.54, 1.807) is 17.3 Å². The number of hydrogen-bond acceptors (Lipinski definition) is 3. The average Bonchev–Trinajstić information content (AvgIpc) is 3.02. The minimum absolute atomic E-state index is 0.132. The maximum Gasteiger partial charge on any atom is 0.319 e. The number of anilines is 2. The summed E-state index contributed by atoms with van der Waals surface area (Å²) in [6.07, 6.45) is 5.71. The van der Waals surface area contributed by atoms with Crippen LogP contribution in [0.5, 0.6) is 0 Å². The third kappa shape index (κ3) is 4.10. The largest absolute Gasteiger partial charge is 0.338 e. The van der Waals surface area contributed by atoms with E-state index in [4.69, 9.17) is 0 Å². The number of nitrogens with zero attached hydrogens (tertiary/aromatic N) is 2. The van der Waals surface area contributed by atoms with Crippen LogP contribution >= 0.6 is 0 Å². The molecule has 1 aliphatic heterocycles. The zero-order valence-corrected chi connectivity index (χ0v) is 13.4. The molecule has 1 aliphatic rings. The quantitative estimate of drug-likeness (QED) is 0.887. The van der Waals surface area contributed by atoms with E-state index in [9.17, 15) is 9.59 Å². The van der Waals surface area contributed by atoms with E-state index in [1.807, 2.05) is 36.4 Å². The molecule has 2 aromatic rings. The summed E-state index contributed by atoms with van der Waals surface area (Å²) in [4.78, 5) is 29.6. The normalized spacial score (nSPS) is 13.8. The fraction of sp³-hybridized carbons (Fsp3) is 0.278. The number of hydrogen-bond donors (Lipinski definition) is 2. The van der Waals surface area contributed by atoms with Gasteiger partial charge >= 0.3 is 6.03 Å². The van der Waals surface area contributed by atoms with E-state index in [1.165, 1.54) is 0 Å². The first-order valence-electron chi connectivity index (χ1n) is 8.06. The van der Waals surface area contributed by atoms with Crippen molar-refractivity contribution in [1.82, 2.24) is 10.3 Å². The van der Waals surface area contributed by atoms with Crippen molar-refractivity contribution in [1.29, 1.82) is 0 Å². The summed E-state index contributed by atoms with van der Waals surface area (Å²) in [7, 11) is 0. The Labute approximate surface area is 140 Å². The van der Waals surface area contributed by atoms with Gasteiger partial charge in [-0.2, -0.15) is 0 Å². The SMILES string of the molecule is O=C(NCCc1cccnc1)Nc1cccc(N2CCCC2=O)c1. The molecule has 1 aromatic carbocycles. The molecule has 24 heavy (non-hydrogen) atoms. The van der Waals surface area contributed by atoms with Gasteiger partial charge in [-0.25, -0.2) is 4.79 Å². The molecule has 0 aliphatic carbocycles. The molecule has 1 fully saturated rings. The molecule has 1 aromatic heterocycles. The number of amides is 3. The van der Waals surface area contributed by atoms with Gasteiger partial charge in [-0.3, -0.25) is 9.78 Å². The molecule has 0 unspecified atom stereocenters. The molecule has 0 atom stereocenters. The van der Waals surface area contributed by atoms with Gasteiger partial charge < -0.3 is 15.5 Å². The van der Waals surface area contributed by atoms with Crippen LogP contribution in [0.25, 0.3) is 0 Å². The van der Waals surface area contributed by atoms with Crippen molar-refractivity contribution in [2.75, 3.05) is 23.3 Å². The summed E-state index contributed by atoms with van der Waals surface area (Å²) < 4.78 is 0. The Balaban J connectivity index is 1.52. The fourth-order valence-electron chi connectivity index (χ4n) is 2.71. The smallest absolute Gasteiger partial charge is 0.319 e. The lowest BCUT2D eigenvalue weighted by molar-refractivity contribution is -0.117. The lowest BCUT2D eigenvalue weighted by Crippen LogP contribution is -2.30. The highest BCUT2D eigenvalue weighted by Crippen LogP contribution is 2.24. The summed E-state index contributed by atoms with van der Waals surface area (Å²) in [6.45, 7) is 1.27. The van der Waals surface area contributed by atoms with E-state index >= 15 is 0 Å². The molecule has 0 bridgehead atoms. The zero-order chi connectivity index (χ0) is 16.8. The Morgan fingerprint density at radius 2 is 2.17 bits per heavy atom. The van der Waals surface area contributed by atoms with Crippen LogP contribution in [0.15, 0.2) is 48.8 Å². The van der Waals surface area contributed by atoms with Crippen LogP contribution in [0.2, 0.25) is 0 Å². The van der Waals surface area contributed by atoms with Crippen molar-refractivity contribution >= 4 is 23.3 Å². The summed E-state index contributed by atoms with van der Waals surface area (Å²) in [6, 6.07) is 10.9. The molecule has 6 heteroatoms.